The van der Waals surface area contributed by atoms with Crippen LogP contribution in [0.5, 0.6) is 0 Å². The van der Waals surface area contributed by atoms with Gasteiger partial charge in [-0.1, -0.05) is 24.6 Å². The van der Waals surface area contributed by atoms with Gasteiger partial charge in [0.05, 0.1) is 22.6 Å². The van der Waals surface area contributed by atoms with Gasteiger partial charge in [0.25, 0.3) is 0 Å². The molecule has 0 radical (unpaired) electrons. The van der Waals surface area contributed by atoms with Crippen molar-refractivity contribution in [3.63, 3.8) is 0 Å². The molecule has 3 nitrogen and oxygen atoms in total. The molecule has 3 rings (SSSR count). The van der Waals surface area contributed by atoms with Crippen LogP contribution >= 0.6 is 11.6 Å². The van der Waals surface area contributed by atoms with Gasteiger partial charge >= 0.3 is 0 Å². The van der Waals surface area contributed by atoms with E-state index >= 15 is 0 Å². The van der Waals surface area contributed by atoms with Crippen molar-refractivity contribution in [2.24, 2.45) is 0 Å². The Kier molecular flexibility index (Phi) is 3.38. The van der Waals surface area contributed by atoms with Gasteiger partial charge in [0.15, 0.2) is 5.78 Å². The lowest BCUT2D eigenvalue weighted by Crippen LogP contribution is -2.14. The van der Waals surface area contributed by atoms with Gasteiger partial charge in [-0.25, -0.2) is 4.68 Å². The highest BCUT2D eigenvalue weighted by atomic mass is 35.5. The Morgan fingerprint density at radius 1 is 1.35 bits per heavy atom. The van der Waals surface area contributed by atoms with Crippen molar-refractivity contribution in [1.82, 2.24) is 9.78 Å². The number of carbonyl (C=O) groups is 1. The first-order chi connectivity index (χ1) is 9.63. The Morgan fingerprint density at radius 3 is 2.90 bits per heavy atom. The van der Waals surface area contributed by atoms with Crippen LogP contribution in [0, 0.1) is 6.92 Å². The van der Waals surface area contributed by atoms with E-state index in [-0.39, 0.29) is 5.78 Å². The Balaban J connectivity index is 2.25. The highest BCUT2D eigenvalue weighted by Gasteiger charge is 2.27. The van der Waals surface area contributed by atoms with E-state index in [1.54, 1.807) is 0 Å². The Labute approximate surface area is 123 Å². The average molecular weight is 289 g/mol. The predicted octanol–water partition coefficient (Wildman–Crippen LogP) is 3.92. The van der Waals surface area contributed by atoms with Crippen LogP contribution in [0.4, 0.5) is 0 Å². The number of aromatic nitrogens is 2. The monoisotopic (exact) mass is 288 g/mol. The van der Waals surface area contributed by atoms with Crippen molar-refractivity contribution < 1.29 is 4.79 Å². The minimum Gasteiger partial charge on any atom is -0.294 e. The number of hydrogen-bond acceptors (Lipinski definition) is 2. The number of halogens is 1. The van der Waals surface area contributed by atoms with E-state index in [9.17, 15) is 4.79 Å². The van der Waals surface area contributed by atoms with E-state index in [2.05, 4.69) is 5.10 Å². The van der Waals surface area contributed by atoms with Crippen LogP contribution in [0.25, 0.3) is 5.69 Å². The molecule has 1 heterocycles. The van der Waals surface area contributed by atoms with Crippen LogP contribution in [0.3, 0.4) is 0 Å². The summed E-state index contributed by atoms with van der Waals surface area (Å²) in [6, 6.07) is 5.81. The predicted molar refractivity (Wildman–Crippen MR) is 80.0 cm³/mol. The number of fused-ring (bicyclic) bond motifs is 1. The number of Topliss-reactive ketones (excluding diaryl/α,β-unsaturated/α-hetero) is 1. The second kappa shape index (κ2) is 5.06. The fourth-order valence-corrected chi connectivity index (χ4v) is 3.04. The van der Waals surface area contributed by atoms with Gasteiger partial charge in [-0.05, 0) is 43.9 Å². The Morgan fingerprint density at radius 2 is 2.15 bits per heavy atom. The quantitative estimate of drug-likeness (QED) is 0.839. The summed E-state index contributed by atoms with van der Waals surface area (Å²) >= 11 is 6.21. The van der Waals surface area contributed by atoms with E-state index in [1.165, 1.54) is 0 Å². The zero-order valence-corrected chi connectivity index (χ0v) is 12.5. The van der Waals surface area contributed by atoms with E-state index in [0.717, 1.165) is 52.5 Å². The number of aryl methyl sites for hydroxylation is 1. The highest BCUT2D eigenvalue weighted by molar-refractivity contribution is 6.31. The molecule has 0 atom stereocenters. The summed E-state index contributed by atoms with van der Waals surface area (Å²) in [5.41, 5.74) is 4.77. The lowest BCUT2D eigenvalue weighted by molar-refractivity contribution is 0.0971. The van der Waals surface area contributed by atoms with E-state index in [0.29, 0.717) is 6.42 Å². The molecule has 4 heteroatoms. The number of benzene rings is 1. The van der Waals surface area contributed by atoms with E-state index in [4.69, 9.17) is 11.6 Å². The molecule has 1 aromatic carbocycles. The molecule has 104 valence electrons. The maximum Gasteiger partial charge on any atom is 0.166 e. The molecule has 0 bridgehead atoms. The first kappa shape index (κ1) is 13.4. The van der Waals surface area contributed by atoms with Gasteiger partial charge in [-0.3, -0.25) is 4.79 Å². The molecule has 0 unspecified atom stereocenters. The van der Waals surface area contributed by atoms with Crippen molar-refractivity contribution >= 4 is 17.4 Å². The maximum atomic E-state index is 12.2. The minimum absolute atomic E-state index is 0.231. The SMILES string of the molecule is CCc1nn(-c2cccc(Cl)c2C)c2c1C(=O)CCC2. The van der Waals surface area contributed by atoms with Gasteiger partial charge in [0, 0.05) is 11.4 Å². The fraction of sp³-hybridized carbons (Fsp3) is 0.375. The summed E-state index contributed by atoms with van der Waals surface area (Å²) in [6.07, 6.45) is 3.22. The summed E-state index contributed by atoms with van der Waals surface area (Å²) < 4.78 is 1.92. The number of carbonyl (C=O) groups excluding carboxylic acids is 1. The summed E-state index contributed by atoms with van der Waals surface area (Å²) in [4.78, 5) is 12.2. The lowest BCUT2D eigenvalue weighted by Gasteiger charge is -2.15. The average Bonchev–Trinajstić information content (AvgIpc) is 2.82. The number of rotatable bonds is 2. The topological polar surface area (TPSA) is 34.9 Å². The zero-order valence-electron chi connectivity index (χ0n) is 11.7. The first-order valence-corrected chi connectivity index (χ1v) is 7.40. The van der Waals surface area contributed by atoms with Gasteiger partial charge < -0.3 is 0 Å². The van der Waals surface area contributed by atoms with Crippen LogP contribution in [0.1, 0.15) is 47.1 Å². The number of hydrogen-bond donors (Lipinski definition) is 0. The van der Waals surface area contributed by atoms with Crippen molar-refractivity contribution in [3.8, 4) is 5.69 Å². The molecule has 1 aliphatic carbocycles. The fourth-order valence-electron chi connectivity index (χ4n) is 2.87. The maximum absolute atomic E-state index is 12.2. The third kappa shape index (κ3) is 1.97. The molecule has 1 aliphatic rings. The summed E-state index contributed by atoms with van der Waals surface area (Å²) in [6.45, 7) is 4.03. The smallest absolute Gasteiger partial charge is 0.166 e. The van der Waals surface area contributed by atoms with Crippen molar-refractivity contribution in [2.45, 2.75) is 39.5 Å². The van der Waals surface area contributed by atoms with Gasteiger partial charge in [0.2, 0.25) is 0 Å². The molecule has 0 amide bonds. The van der Waals surface area contributed by atoms with Gasteiger partial charge in [-0.15, -0.1) is 0 Å². The largest absolute Gasteiger partial charge is 0.294 e. The number of nitrogens with zero attached hydrogens (tertiary/aromatic N) is 2. The third-order valence-electron chi connectivity index (χ3n) is 3.95. The molecule has 0 N–H and O–H groups in total. The molecule has 0 fully saturated rings. The normalized spacial score (nSPS) is 14.4. The second-order valence-electron chi connectivity index (χ2n) is 5.19. The first-order valence-electron chi connectivity index (χ1n) is 7.03. The van der Waals surface area contributed by atoms with Crippen LogP contribution in [-0.4, -0.2) is 15.6 Å². The Bertz CT molecular complexity index is 688. The van der Waals surface area contributed by atoms with Crippen LogP contribution in [0.2, 0.25) is 5.02 Å². The van der Waals surface area contributed by atoms with Gasteiger partial charge in [-0.2, -0.15) is 5.10 Å². The molecule has 20 heavy (non-hydrogen) atoms. The van der Waals surface area contributed by atoms with Crippen LogP contribution in [-0.2, 0) is 12.8 Å². The molecule has 0 saturated carbocycles. The van der Waals surface area contributed by atoms with E-state index < -0.39 is 0 Å². The molecule has 1 aromatic heterocycles. The second-order valence-corrected chi connectivity index (χ2v) is 5.60. The standard InChI is InChI=1S/C16H17ClN2O/c1-3-12-16-14(8-5-9-15(16)20)19(18-12)13-7-4-6-11(17)10(13)2/h4,6-7H,3,5,8-9H2,1-2H3. The van der Waals surface area contributed by atoms with E-state index in [1.807, 2.05) is 36.7 Å². The molecule has 0 spiro atoms. The zero-order chi connectivity index (χ0) is 14.3. The molecular formula is C16H17ClN2O. The summed E-state index contributed by atoms with van der Waals surface area (Å²) in [5, 5.41) is 5.40. The number of ketones is 1. The van der Waals surface area contributed by atoms with Gasteiger partial charge in [0.1, 0.15) is 0 Å². The summed E-state index contributed by atoms with van der Waals surface area (Å²) in [5.74, 6) is 0.231. The van der Waals surface area contributed by atoms with Crippen molar-refractivity contribution in [3.05, 3.63) is 45.7 Å². The molecular weight excluding hydrogens is 272 g/mol. The Hall–Kier alpha value is -1.61. The minimum atomic E-state index is 0.231. The van der Waals surface area contributed by atoms with Crippen LogP contribution in [0.15, 0.2) is 18.2 Å². The molecule has 2 aromatic rings. The molecule has 0 saturated heterocycles. The lowest BCUT2D eigenvalue weighted by atomic mass is 9.93. The summed E-state index contributed by atoms with van der Waals surface area (Å²) in [7, 11) is 0. The molecule has 0 aliphatic heterocycles. The third-order valence-corrected chi connectivity index (χ3v) is 4.36. The highest BCUT2D eigenvalue weighted by Crippen LogP contribution is 2.30. The van der Waals surface area contributed by atoms with Crippen molar-refractivity contribution in [1.29, 1.82) is 0 Å². The van der Waals surface area contributed by atoms with Crippen molar-refractivity contribution in [2.75, 3.05) is 0 Å². The van der Waals surface area contributed by atoms with Crippen LogP contribution < -0.4 is 0 Å².